The highest BCUT2D eigenvalue weighted by Crippen LogP contribution is 2.41. The van der Waals surface area contributed by atoms with Crippen molar-refractivity contribution in [3.63, 3.8) is 0 Å². The lowest BCUT2D eigenvalue weighted by Crippen LogP contribution is -2.38. The third-order valence-corrected chi connectivity index (χ3v) is 4.51. The van der Waals surface area contributed by atoms with E-state index in [2.05, 4.69) is 15.9 Å². The number of rotatable bonds is 6. The lowest BCUT2D eigenvalue weighted by atomic mass is 9.81. The molecule has 0 aromatic heterocycles. The highest BCUT2D eigenvalue weighted by Gasteiger charge is 2.42. The summed E-state index contributed by atoms with van der Waals surface area (Å²) in [6.07, 6.45) is -0.788. The highest BCUT2D eigenvalue weighted by molar-refractivity contribution is 9.10. The molecular weight excluding hydrogens is 408 g/mol. The van der Waals surface area contributed by atoms with Crippen molar-refractivity contribution >= 4 is 33.3 Å². The van der Waals surface area contributed by atoms with Crippen LogP contribution in [0.15, 0.2) is 53.0 Å². The molecule has 9 heteroatoms. The molecule has 0 heterocycles. The van der Waals surface area contributed by atoms with Gasteiger partial charge in [0, 0.05) is 23.2 Å². The second kappa shape index (κ2) is 7.73. The lowest BCUT2D eigenvalue weighted by Gasteiger charge is -2.29. The molecular formula is C17H15BrN2O6. The van der Waals surface area contributed by atoms with Gasteiger partial charge < -0.3 is 5.11 Å². The van der Waals surface area contributed by atoms with Crippen LogP contribution in [0.4, 0.5) is 5.69 Å². The molecule has 2 aromatic carbocycles. The minimum absolute atomic E-state index is 0.0994. The number of hydrogen-bond donors (Lipinski definition) is 2. The normalized spacial score (nSPS) is 12.9. The predicted molar refractivity (Wildman–Crippen MR) is 94.4 cm³/mol. The quantitative estimate of drug-likeness (QED) is 0.319. The number of Topliss-reactive ketones (excluding diaryl/α,β-unsaturated/α-hetero) is 1. The summed E-state index contributed by atoms with van der Waals surface area (Å²) in [5, 5.41) is 32.0. The Morgan fingerprint density at radius 1 is 1.15 bits per heavy atom. The Morgan fingerprint density at radius 2 is 1.69 bits per heavy atom. The van der Waals surface area contributed by atoms with E-state index in [1.165, 1.54) is 30.3 Å². The molecule has 0 bridgehead atoms. The number of hydrogen-bond acceptors (Lipinski definition) is 6. The molecule has 0 aliphatic carbocycles. The van der Waals surface area contributed by atoms with E-state index in [0.29, 0.717) is 4.47 Å². The van der Waals surface area contributed by atoms with Gasteiger partial charge in [0.1, 0.15) is 5.60 Å². The van der Waals surface area contributed by atoms with Crippen LogP contribution in [0.5, 0.6) is 0 Å². The summed E-state index contributed by atoms with van der Waals surface area (Å²) in [5.74, 6) is -2.35. The molecule has 0 spiro atoms. The van der Waals surface area contributed by atoms with E-state index in [1.54, 1.807) is 18.2 Å². The number of carbonyl (C=O) groups excluding carboxylic acids is 2. The van der Waals surface area contributed by atoms with Gasteiger partial charge in [0.25, 0.3) is 5.69 Å². The number of ketones is 1. The van der Waals surface area contributed by atoms with Crippen LogP contribution in [-0.4, -0.2) is 39.0 Å². The summed E-state index contributed by atoms with van der Waals surface area (Å²) in [6.45, 7) is 0. The van der Waals surface area contributed by atoms with Crippen molar-refractivity contribution in [3.8, 4) is 0 Å². The van der Waals surface area contributed by atoms with Crippen molar-refractivity contribution in [1.29, 1.82) is 0 Å². The van der Waals surface area contributed by atoms with E-state index >= 15 is 0 Å². The molecule has 8 nitrogen and oxygen atoms in total. The van der Waals surface area contributed by atoms with Gasteiger partial charge in [0.2, 0.25) is 5.78 Å². The summed E-state index contributed by atoms with van der Waals surface area (Å²) >= 11 is 3.26. The van der Waals surface area contributed by atoms with E-state index in [0.717, 1.165) is 7.05 Å². The van der Waals surface area contributed by atoms with Crippen LogP contribution in [0.3, 0.4) is 0 Å². The number of nitro groups is 1. The van der Waals surface area contributed by atoms with Gasteiger partial charge in [-0.3, -0.25) is 24.9 Å². The molecule has 1 amide bonds. The first-order valence-corrected chi connectivity index (χ1v) is 8.19. The lowest BCUT2D eigenvalue weighted by molar-refractivity contribution is -0.386. The molecule has 0 fully saturated rings. The van der Waals surface area contributed by atoms with Crippen LogP contribution in [-0.2, 0) is 15.2 Å². The van der Waals surface area contributed by atoms with Gasteiger partial charge in [-0.05, 0) is 12.1 Å². The van der Waals surface area contributed by atoms with E-state index < -0.39 is 34.3 Å². The molecule has 0 saturated carbocycles. The Balaban J connectivity index is 2.68. The van der Waals surface area contributed by atoms with E-state index in [9.17, 15) is 30.0 Å². The van der Waals surface area contributed by atoms with Gasteiger partial charge >= 0.3 is 5.91 Å². The fraction of sp³-hybridized carbons (Fsp3) is 0.176. The average molecular weight is 423 g/mol. The van der Waals surface area contributed by atoms with Crippen LogP contribution in [0.1, 0.15) is 17.5 Å². The zero-order valence-electron chi connectivity index (χ0n) is 13.6. The zero-order chi connectivity index (χ0) is 19.5. The number of para-hydroxylation sites is 1. The van der Waals surface area contributed by atoms with E-state index in [-0.39, 0.29) is 16.2 Å². The molecule has 0 radical (unpaired) electrons. The number of benzene rings is 2. The van der Waals surface area contributed by atoms with Crippen LogP contribution in [0.2, 0.25) is 0 Å². The molecule has 2 N–H and O–H groups in total. The number of likely N-dealkylation sites (N-methyl/N-ethyl adjacent to an activating group) is 1. The molecule has 0 saturated heterocycles. The van der Waals surface area contributed by atoms with Crippen molar-refractivity contribution in [2.24, 2.45) is 0 Å². The molecule has 2 rings (SSSR count). The number of nitrogens with zero attached hydrogens (tertiary/aromatic N) is 2. The minimum atomic E-state index is -2.16. The van der Waals surface area contributed by atoms with E-state index in [4.69, 9.17) is 0 Å². The molecule has 136 valence electrons. The fourth-order valence-electron chi connectivity index (χ4n) is 2.60. The third kappa shape index (κ3) is 3.79. The molecule has 0 aliphatic heterocycles. The van der Waals surface area contributed by atoms with Gasteiger partial charge in [0.05, 0.1) is 16.9 Å². The summed E-state index contributed by atoms with van der Waals surface area (Å²) in [6, 6.07) is 11.8. The Morgan fingerprint density at radius 3 is 2.23 bits per heavy atom. The first-order chi connectivity index (χ1) is 12.2. The predicted octanol–water partition coefficient (Wildman–Crippen LogP) is 2.40. The van der Waals surface area contributed by atoms with Crippen molar-refractivity contribution in [2.75, 3.05) is 7.05 Å². The summed E-state index contributed by atoms with van der Waals surface area (Å²) in [5.41, 5.74) is -2.52. The SMILES string of the molecule is CN(O)C(=O)C(=O)CC(O)(c1ccccc1Br)c1ccccc1[N+](=O)[O-]. The van der Waals surface area contributed by atoms with Crippen LogP contribution in [0, 0.1) is 10.1 Å². The van der Waals surface area contributed by atoms with Crippen LogP contribution >= 0.6 is 15.9 Å². The van der Waals surface area contributed by atoms with Gasteiger partial charge in [0.15, 0.2) is 0 Å². The monoisotopic (exact) mass is 422 g/mol. The first-order valence-electron chi connectivity index (χ1n) is 7.39. The first kappa shape index (κ1) is 19.7. The smallest absolute Gasteiger partial charge is 0.313 e. The summed E-state index contributed by atoms with van der Waals surface area (Å²) in [7, 11) is 0.975. The molecule has 1 unspecified atom stereocenters. The Labute approximate surface area is 156 Å². The maximum Gasteiger partial charge on any atom is 0.313 e. The molecule has 1 atom stereocenters. The highest BCUT2D eigenvalue weighted by atomic mass is 79.9. The van der Waals surface area contributed by atoms with Crippen molar-refractivity contribution in [3.05, 3.63) is 74.2 Å². The molecule has 2 aromatic rings. The minimum Gasteiger partial charge on any atom is -0.380 e. The maximum absolute atomic E-state index is 12.2. The van der Waals surface area contributed by atoms with Crippen LogP contribution < -0.4 is 0 Å². The van der Waals surface area contributed by atoms with Crippen LogP contribution in [0.25, 0.3) is 0 Å². The number of halogens is 1. The Hall–Kier alpha value is -2.62. The number of hydroxylamine groups is 2. The van der Waals surface area contributed by atoms with Gasteiger partial charge in [-0.2, -0.15) is 0 Å². The van der Waals surface area contributed by atoms with Crippen molar-refractivity contribution in [1.82, 2.24) is 5.06 Å². The Kier molecular flexibility index (Phi) is 5.86. The Bertz CT molecular complexity index is 870. The van der Waals surface area contributed by atoms with Crippen molar-refractivity contribution in [2.45, 2.75) is 12.0 Å². The van der Waals surface area contributed by atoms with Gasteiger partial charge in [-0.1, -0.05) is 46.3 Å². The second-order valence-electron chi connectivity index (χ2n) is 5.54. The molecule has 26 heavy (non-hydrogen) atoms. The van der Waals surface area contributed by atoms with Gasteiger partial charge in [-0.15, -0.1) is 0 Å². The maximum atomic E-state index is 12.2. The third-order valence-electron chi connectivity index (χ3n) is 3.81. The number of aliphatic hydroxyl groups is 1. The van der Waals surface area contributed by atoms with E-state index in [1.807, 2.05) is 0 Å². The molecule has 0 aliphatic rings. The second-order valence-corrected chi connectivity index (χ2v) is 6.40. The standard InChI is InChI=1S/C17H15BrN2O6/c1-19(24)16(22)15(21)10-17(23,11-6-2-4-8-13(11)18)12-7-3-5-9-14(12)20(25)26/h2-9,23-24H,10H2,1H3. The summed E-state index contributed by atoms with van der Waals surface area (Å²) in [4.78, 5) is 34.7. The zero-order valence-corrected chi connectivity index (χ0v) is 15.2. The number of nitro benzene ring substituents is 1. The average Bonchev–Trinajstić information content (AvgIpc) is 2.61. The van der Waals surface area contributed by atoms with Crippen molar-refractivity contribution < 1.29 is 24.8 Å². The van der Waals surface area contributed by atoms with Gasteiger partial charge in [-0.25, -0.2) is 5.06 Å². The fourth-order valence-corrected chi connectivity index (χ4v) is 3.22. The summed E-state index contributed by atoms with van der Waals surface area (Å²) < 4.78 is 0.401. The topological polar surface area (TPSA) is 121 Å². The number of carbonyl (C=O) groups is 2. The largest absolute Gasteiger partial charge is 0.380 e. The number of amides is 1.